The summed E-state index contributed by atoms with van der Waals surface area (Å²) in [4.78, 5) is 22.2. The highest BCUT2D eigenvalue weighted by atomic mass is 19.4. The molecule has 1 fully saturated rings. The van der Waals surface area contributed by atoms with Crippen LogP contribution in [0.1, 0.15) is 10.4 Å². The number of carbonyl (C=O) groups excluding carboxylic acids is 1. The van der Waals surface area contributed by atoms with Gasteiger partial charge in [-0.2, -0.15) is 0 Å². The first-order chi connectivity index (χ1) is 16.4. The number of fused-ring (bicyclic) bond motifs is 1. The zero-order chi connectivity index (χ0) is 23.7. The van der Waals surface area contributed by atoms with Crippen LogP contribution < -0.4 is 4.74 Å². The van der Waals surface area contributed by atoms with Crippen molar-refractivity contribution in [2.75, 3.05) is 26.3 Å². The molecule has 0 radical (unpaired) electrons. The van der Waals surface area contributed by atoms with Crippen LogP contribution in [0, 0.1) is 0 Å². The van der Waals surface area contributed by atoms with E-state index in [1.807, 2.05) is 24.3 Å². The van der Waals surface area contributed by atoms with E-state index < -0.39 is 6.36 Å². The number of nitrogens with one attached hydrogen (secondary N) is 1. The molecule has 0 aliphatic carbocycles. The van der Waals surface area contributed by atoms with Gasteiger partial charge in [0.25, 0.3) is 5.91 Å². The number of morpholine rings is 1. The lowest BCUT2D eigenvalue weighted by atomic mass is 10.0. The number of nitrogens with zero attached hydrogens (tertiary/aromatic N) is 2. The summed E-state index contributed by atoms with van der Waals surface area (Å²) < 4.78 is 47.3. The van der Waals surface area contributed by atoms with Crippen molar-refractivity contribution in [3.05, 3.63) is 72.6 Å². The zero-order valence-corrected chi connectivity index (χ0v) is 17.9. The molecule has 0 unspecified atom stereocenters. The quantitative estimate of drug-likeness (QED) is 0.444. The number of benzene rings is 2. The lowest BCUT2D eigenvalue weighted by Gasteiger charge is -2.27. The van der Waals surface area contributed by atoms with Crippen LogP contribution in [0.2, 0.25) is 0 Å². The number of alkyl halides is 3. The minimum atomic E-state index is -4.77. The molecule has 1 saturated heterocycles. The Hall–Kier alpha value is -3.85. The van der Waals surface area contributed by atoms with Crippen LogP contribution in [-0.4, -0.2) is 53.4 Å². The number of halogens is 3. The third-order valence-electron chi connectivity index (χ3n) is 5.65. The number of hydrogen-bond acceptors (Lipinski definition) is 4. The van der Waals surface area contributed by atoms with Gasteiger partial charge in [0.05, 0.1) is 13.2 Å². The molecule has 1 amide bonds. The number of H-pyrrole nitrogens is 1. The smallest absolute Gasteiger partial charge is 0.406 e. The number of aromatic nitrogens is 2. The van der Waals surface area contributed by atoms with E-state index in [1.54, 1.807) is 29.4 Å². The van der Waals surface area contributed by atoms with Gasteiger partial charge in [-0.1, -0.05) is 24.3 Å². The van der Waals surface area contributed by atoms with Crippen molar-refractivity contribution in [1.82, 2.24) is 14.9 Å². The van der Waals surface area contributed by atoms with Gasteiger partial charge in [0.1, 0.15) is 11.4 Å². The molecule has 6 nitrogen and oxygen atoms in total. The molecule has 3 heterocycles. The Morgan fingerprint density at radius 1 is 1.00 bits per heavy atom. The molecular formula is C25H20F3N3O3. The molecule has 174 valence electrons. The maximum atomic E-state index is 12.9. The molecule has 1 aliphatic heterocycles. The van der Waals surface area contributed by atoms with Gasteiger partial charge in [-0.3, -0.25) is 4.79 Å². The maximum absolute atomic E-state index is 12.9. The second-order valence-corrected chi connectivity index (χ2v) is 7.88. The average molecular weight is 467 g/mol. The summed E-state index contributed by atoms with van der Waals surface area (Å²) in [5.41, 5.74) is 4.02. The molecule has 0 spiro atoms. The van der Waals surface area contributed by atoms with E-state index in [1.165, 1.54) is 18.2 Å². The van der Waals surface area contributed by atoms with Gasteiger partial charge in [-0.05, 0) is 41.5 Å². The predicted molar refractivity (Wildman–Crippen MR) is 120 cm³/mol. The Bertz CT molecular complexity index is 1340. The van der Waals surface area contributed by atoms with Gasteiger partial charge in [-0.25, -0.2) is 4.98 Å². The van der Waals surface area contributed by atoms with Crippen LogP contribution >= 0.6 is 0 Å². The second-order valence-electron chi connectivity index (χ2n) is 7.88. The molecule has 4 aromatic rings. The Labute approximate surface area is 192 Å². The van der Waals surface area contributed by atoms with Crippen molar-refractivity contribution < 1.29 is 27.4 Å². The molecular weight excluding hydrogens is 447 g/mol. The van der Waals surface area contributed by atoms with Gasteiger partial charge in [0.15, 0.2) is 0 Å². The summed E-state index contributed by atoms with van der Waals surface area (Å²) in [7, 11) is 0. The summed E-state index contributed by atoms with van der Waals surface area (Å²) >= 11 is 0. The Balaban J connectivity index is 1.48. The summed E-state index contributed by atoms with van der Waals surface area (Å²) in [6.07, 6.45) is -1.37. The fourth-order valence-electron chi connectivity index (χ4n) is 4.04. The fraction of sp³-hybridized carbons (Fsp3) is 0.200. The van der Waals surface area contributed by atoms with Crippen molar-refractivity contribution in [2.45, 2.75) is 6.36 Å². The van der Waals surface area contributed by atoms with E-state index in [-0.39, 0.29) is 11.7 Å². The third kappa shape index (κ3) is 4.60. The number of ether oxygens (including phenoxy) is 2. The van der Waals surface area contributed by atoms with Gasteiger partial charge in [0.2, 0.25) is 0 Å². The molecule has 0 bridgehead atoms. The van der Waals surface area contributed by atoms with Crippen LogP contribution in [0.3, 0.4) is 0 Å². The second kappa shape index (κ2) is 8.83. The first-order valence-electron chi connectivity index (χ1n) is 10.7. The van der Waals surface area contributed by atoms with Crippen LogP contribution in [0.5, 0.6) is 5.75 Å². The van der Waals surface area contributed by atoms with Gasteiger partial charge >= 0.3 is 6.36 Å². The minimum absolute atomic E-state index is 0.0528. The molecule has 1 N–H and O–H groups in total. The number of amides is 1. The lowest BCUT2D eigenvalue weighted by molar-refractivity contribution is -0.274. The van der Waals surface area contributed by atoms with Crippen LogP contribution in [-0.2, 0) is 4.74 Å². The normalized spacial score (nSPS) is 14.4. The minimum Gasteiger partial charge on any atom is -0.406 e. The zero-order valence-electron chi connectivity index (χ0n) is 17.9. The highest BCUT2D eigenvalue weighted by Gasteiger charge is 2.31. The van der Waals surface area contributed by atoms with E-state index in [0.717, 1.165) is 16.5 Å². The number of hydrogen-bond donors (Lipinski definition) is 1. The van der Waals surface area contributed by atoms with Crippen molar-refractivity contribution in [2.24, 2.45) is 0 Å². The van der Waals surface area contributed by atoms with Crippen LogP contribution in [0.25, 0.3) is 33.3 Å². The average Bonchev–Trinajstić information content (AvgIpc) is 3.27. The standard InChI is InChI=1S/C25H20F3N3O3/c26-25(27,28)34-20-6-2-4-17(12-20)22-15-30-23-21(22)13-19(14-29-23)16-3-1-5-18(11-16)24(32)31-7-9-33-10-8-31/h1-6,11-15H,7-10H2,(H,29,30). The maximum Gasteiger partial charge on any atom is 0.573 e. The SMILES string of the molecule is O=C(c1cccc(-c2cnc3[nH]cc(-c4cccc(OC(F)(F)F)c4)c3c2)c1)N1CCOCC1. The van der Waals surface area contributed by atoms with Crippen LogP contribution in [0.4, 0.5) is 13.2 Å². The van der Waals surface area contributed by atoms with E-state index in [2.05, 4.69) is 14.7 Å². The summed E-state index contributed by atoms with van der Waals surface area (Å²) in [5.74, 6) is -0.346. The van der Waals surface area contributed by atoms with E-state index in [9.17, 15) is 18.0 Å². The van der Waals surface area contributed by atoms with E-state index >= 15 is 0 Å². The summed E-state index contributed by atoms with van der Waals surface area (Å²) in [5, 5.41) is 0.742. The Kier molecular flexibility index (Phi) is 5.70. The highest BCUT2D eigenvalue weighted by Crippen LogP contribution is 2.34. The number of rotatable bonds is 4. The number of carbonyl (C=O) groups is 1. The van der Waals surface area contributed by atoms with Crippen molar-refractivity contribution in [3.8, 4) is 28.0 Å². The molecule has 5 rings (SSSR count). The third-order valence-corrected chi connectivity index (χ3v) is 5.65. The molecule has 2 aromatic heterocycles. The van der Waals surface area contributed by atoms with Crippen molar-refractivity contribution >= 4 is 16.9 Å². The topological polar surface area (TPSA) is 67.5 Å². The van der Waals surface area contributed by atoms with E-state index in [0.29, 0.717) is 48.6 Å². The Morgan fingerprint density at radius 2 is 1.76 bits per heavy atom. The first kappa shape index (κ1) is 22.0. The van der Waals surface area contributed by atoms with E-state index in [4.69, 9.17) is 4.74 Å². The van der Waals surface area contributed by atoms with Crippen molar-refractivity contribution in [1.29, 1.82) is 0 Å². The molecule has 34 heavy (non-hydrogen) atoms. The predicted octanol–water partition coefficient (Wildman–Crippen LogP) is 5.27. The molecule has 2 aromatic carbocycles. The lowest BCUT2D eigenvalue weighted by Crippen LogP contribution is -2.40. The summed E-state index contributed by atoms with van der Waals surface area (Å²) in [6, 6.07) is 15.0. The molecule has 1 aliphatic rings. The Morgan fingerprint density at radius 3 is 2.56 bits per heavy atom. The summed E-state index contributed by atoms with van der Waals surface area (Å²) in [6.45, 7) is 2.16. The molecule has 0 saturated carbocycles. The highest BCUT2D eigenvalue weighted by molar-refractivity contribution is 5.98. The molecule has 9 heteroatoms. The van der Waals surface area contributed by atoms with Gasteiger partial charge in [0, 0.05) is 47.6 Å². The van der Waals surface area contributed by atoms with Gasteiger partial charge in [-0.15, -0.1) is 13.2 Å². The largest absolute Gasteiger partial charge is 0.573 e. The molecule has 0 atom stereocenters. The number of aromatic amines is 1. The first-order valence-corrected chi connectivity index (χ1v) is 10.7. The van der Waals surface area contributed by atoms with Crippen molar-refractivity contribution in [3.63, 3.8) is 0 Å². The van der Waals surface area contributed by atoms with Gasteiger partial charge < -0.3 is 19.4 Å². The van der Waals surface area contributed by atoms with Crippen LogP contribution in [0.15, 0.2) is 67.0 Å². The fourth-order valence-corrected chi connectivity index (χ4v) is 4.04. The monoisotopic (exact) mass is 467 g/mol. The number of pyridine rings is 1.